The highest BCUT2D eigenvalue weighted by Gasteiger charge is 2.40. The van der Waals surface area contributed by atoms with Crippen molar-refractivity contribution in [1.29, 1.82) is 0 Å². The molecule has 3 amide bonds. The van der Waals surface area contributed by atoms with Crippen LogP contribution in [0.3, 0.4) is 0 Å². The van der Waals surface area contributed by atoms with Crippen LogP contribution in [0.5, 0.6) is 0 Å². The van der Waals surface area contributed by atoms with E-state index in [-0.39, 0.29) is 54.2 Å². The summed E-state index contributed by atoms with van der Waals surface area (Å²) in [4.78, 5) is 40.6. The molecule has 2 aromatic rings. The van der Waals surface area contributed by atoms with Crippen molar-refractivity contribution in [2.45, 2.75) is 75.4 Å². The maximum atomic E-state index is 13.4. The second-order valence-electron chi connectivity index (χ2n) is 9.65. The summed E-state index contributed by atoms with van der Waals surface area (Å²) in [5, 5.41) is 3.66. The number of nitrogens with zero attached hydrogens (tertiary/aromatic N) is 2. The Kier molecular flexibility index (Phi) is 8.54. The first kappa shape index (κ1) is 27.1. The Morgan fingerprint density at radius 2 is 1.76 bits per heavy atom. The lowest BCUT2D eigenvalue weighted by Crippen LogP contribution is -2.50. The van der Waals surface area contributed by atoms with E-state index in [4.69, 9.17) is 11.6 Å². The van der Waals surface area contributed by atoms with Gasteiger partial charge in [0, 0.05) is 30.6 Å². The number of carbonyl (C=O) groups is 3. The number of carbonyl (C=O) groups excluding carboxylic acids is 3. The molecule has 0 radical (unpaired) electrons. The first-order chi connectivity index (χ1) is 17.7. The van der Waals surface area contributed by atoms with Crippen LogP contribution in [0, 0.1) is 0 Å². The number of hydrogen-bond acceptors (Lipinski definition) is 5. The van der Waals surface area contributed by atoms with E-state index in [1.54, 1.807) is 43.3 Å². The van der Waals surface area contributed by atoms with Gasteiger partial charge in [-0.3, -0.25) is 14.4 Å². The smallest absolute Gasteiger partial charge is 0.269 e. The van der Waals surface area contributed by atoms with E-state index in [2.05, 4.69) is 5.32 Å². The maximum Gasteiger partial charge on any atom is 0.269 e. The van der Waals surface area contributed by atoms with Crippen molar-refractivity contribution < 1.29 is 22.8 Å². The molecular weight excluding hydrogens is 514 g/mol. The zero-order valence-corrected chi connectivity index (χ0v) is 22.4. The SMILES string of the molecule is CC(C(=O)NC1CCCCC1)N(Cc1ccc(Cl)cc1)C(=O)CCCN1C(=O)c2ccccc2S1(=O)=O. The first-order valence-corrected chi connectivity index (χ1v) is 14.5. The molecule has 2 aliphatic rings. The number of halogens is 1. The van der Waals surface area contributed by atoms with Gasteiger partial charge < -0.3 is 10.2 Å². The Bertz CT molecular complexity index is 1260. The summed E-state index contributed by atoms with van der Waals surface area (Å²) >= 11 is 6.01. The number of fused-ring (bicyclic) bond motifs is 1. The lowest BCUT2D eigenvalue weighted by atomic mass is 9.95. The molecule has 0 aromatic heterocycles. The Hall–Kier alpha value is -2.91. The molecule has 1 N–H and O–H groups in total. The molecule has 1 aliphatic heterocycles. The van der Waals surface area contributed by atoms with Gasteiger partial charge in [-0.2, -0.15) is 0 Å². The van der Waals surface area contributed by atoms with E-state index in [1.807, 2.05) is 0 Å². The van der Waals surface area contributed by atoms with E-state index < -0.39 is 22.0 Å². The molecule has 198 valence electrons. The third-order valence-corrected chi connectivity index (χ3v) is 9.14. The number of hydrogen-bond donors (Lipinski definition) is 1. The summed E-state index contributed by atoms with van der Waals surface area (Å²) in [7, 11) is -3.93. The summed E-state index contributed by atoms with van der Waals surface area (Å²) in [6.45, 7) is 1.80. The van der Waals surface area contributed by atoms with Gasteiger partial charge in [0.25, 0.3) is 15.9 Å². The highest BCUT2D eigenvalue weighted by molar-refractivity contribution is 7.90. The van der Waals surface area contributed by atoms with Crippen molar-refractivity contribution in [3.63, 3.8) is 0 Å². The molecule has 1 fully saturated rings. The van der Waals surface area contributed by atoms with Gasteiger partial charge in [-0.15, -0.1) is 0 Å². The predicted octanol–water partition coefficient (Wildman–Crippen LogP) is 4.13. The minimum atomic E-state index is -3.93. The molecule has 4 rings (SSSR count). The van der Waals surface area contributed by atoms with Crippen LogP contribution in [0.1, 0.15) is 67.8 Å². The van der Waals surface area contributed by atoms with Crippen molar-refractivity contribution in [2.24, 2.45) is 0 Å². The monoisotopic (exact) mass is 545 g/mol. The molecule has 1 heterocycles. The Labute approximate surface area is 223 Å². The summed E-state index contributed by atoms with van der Waals surface area (Å²) in [6.07, 6.45) is 5.33. The van der Waals surface area contributed by atoms with Gasteiger partial charge >= 0.3 is 0 Å². The minimum Gasteiger partial charge on any atom is -0.352 e. The molecule has 0 bridgehead atoms. The van der Waals surface area contributed by atoms with E-state index in [1.165, 1.54) is 23.5 Å². The van der Waals surface area contributed by atoms with Crippen molar-refractivity contribution in [1.82, 2.24) is 14.5 Å². The average molecular weight is 546 g/mol. The molecule has 1 unspecified atom stereocenters. The third-order valence-electron chi connectivity index (χ3n) is 7.05. The predicted molar refractivity (Wildman–Crippen MR) is 140 cm³/mol. The third kappa shape index (κ3) is 6.15. The van der Waals surface area contributed by atoms with Crippen LogP contribution in [-0.2, 0) is 26.2 Å². The summed E-state index contributed by atoms with van der Waals surface area (Å²) < 4.78 is 26.4. The molecule has 1 aliphatic carbocycles. The average Bonchev–Trinajstić information content (AvgIpc) is 3.09. The van der Waals surface area contributed by atoms with Crippen molar-refractivity contribution >= 4 is 39.3 Å². The second kappa shape index (κ2) is 11.6. The van der Waals surface area contributed by atoms with Crippen LogP contribution in [0.15, 0.2) is 53.4 Å². The molecular formula is C27H32ClN3O5S. The fraction of sp³-hybridized carbons (Fsp3) is 0.444. The molecule has 0 spiro atoms. The molecule has 8 nitrogen and oxygen atoms in total. The maximum absolute atomic E-state index is 13.4. The molecule has 1 saturated carbocycles. The number of amides is 3. The van der Waals surface area contributed by atoms with Crippen molar-refractivity contribution in [3.05, 3.63) is 64.7 Å². The van der Waals surface area contributed by atoms with Crippen LogP contribution in [0.4, 0.5) is 0 Å². The number of rotatable bonds is 9. The Morgan fingerprint density at radius 3 is 2.43 bits per heavy atom. The van der Waals surface area contributed by atoms with Crippen molar-refractivity contribution in [3.8, 4) is 0 Å². The topological polar surface area (TPSA) is 104 Å². The van der Waals surface area contributed by atoms with E-state index in [9.17, 15) is 22.8 Å². The standard InChI is InChI=1S/C27H32ClN3O5S/c1-19(26(33)29-22-8-3-2-4-9-22)30(18-20-13-15-21(28)16-14-20)25(32)12-7-17-31-27(34)23-10-5-6-11-24(23)37(31,35)36/h5-6,10-11,13-16,19,22H,2-4,7-9,12,17-18H2,1H3,(H,29,33). The quantitative estimate of drug-likeness (QED) is 0.510. The van der Waals surface area contributed by atoms with Crippen LogP contribution in [-0.4, -0.2) is 54.0 Å². The van der Waals surface area contributed by atoms with Crippen LogP contribution in [0.2, 0.25) is 5.02 Å². The fourth-order valence-electron chi connectivity index (χ4n) is 4.91. The Morgan fingerprint density at radius 1 is 1.08 bits per heavy atom. The number of benzene rings is 2. The summed E-state index contributed by atoms with van der Waals surface area (Å²) in [5.74, 6) is -1.08. The molecule has 0 saturated heterocycles. The molecule has 1 atom stereocenters. The molecule has 37 heavy (non-hydrogen) atoms. The second-order valence-corrected chi connectivity index (χ2v) is 11.9. The van der Waals surface area contributed by atoms with Crippen molar-refractivity contribution in [2.75, 3.05) is 6.54 Å². The normalized spacial score (nSPS) is 17.8. The first-order valence-electron chi connectivity index (χ1n) is 12.7. The van der Waals surface area contributed by atoms with Gasteiger partial charge in [-0.25, -0.2) is 12.7 Å². The molecule has 10 heteroatoms. The van der Waals surface area contributed by atoms with Crippen LogP contribution < -0.4 is 5.32 Å². The van der Waals surface area contributed by atoms with E-state index in [0.29, 0.717) is 5.02 Å². The number of nitrogens with one attached hydrogen (secondary N) is 1. The largest absolute Gasteiger partial charge is 0.352 e. The van der Waals surface area contributed by atoms with E-state index in [0.717, 1.165) is 35.6 Å². The van der Waals surface area contributed by atoms with Gasteiger partial charge in [-0.05, 0) is 56.0 Å². The Balaban J connectivity index is 1.43. The van der Waals surface area contributed by atoms with Gasteiger partial charge in [0.15, 0.2) is 0 Å². The minimum absolute atomic E-state index is 0.00964. The van der Waals surface area contributed by atoms with E-state index >= 15 is 0 Å². The highest BCUT2D eigenvalue weighted by Crippen LogP contribution is 2.30. The lowest BCUT2D eigenvalue weighted by molar-refractivity contribution is -0.141. The highest BCUT2D eigenvalue weighted by atomic mass is 35.5. The zero-order chi connectivity index (χ0) is 26.6. The van der Waals surface area contributed by atoms with Crippen LogP contribution in [0.25, 0.3) is 0 Å². The van der Waals surface area contributed by atoms with Gasteiger partial charge in [-0.1, -0.05) is 55.1 Å². The zero-order valence-electron chi connectivity index (χ0n) is 20.9. The fourth-order valence-corrected chi connectivity index (χ4v) is 6.64. The van der Waals surface area contributed by atoms with Crippen LogP contribution >= 0.6 is 11.6 Å². The summed E-state index contributed by atoms with van der Waals surface area (Å²) in [5.41, 5.74) is 0.967. The van der Waals surface area contributed by atoms with Gasteiger partial charge in [0.1, 0.15) is 10.9 Å². The van der Waals surface area contributed by atoms with Gasteiger partial charge in [0.2, 0.25) is 11.8 Å². The lowest BCUT2D eigenvalue weighted by Gasteiger charge is -2.31. The molecule has 2 aromatic carbocycles. The number of sulfonamides is 1. The van der Waals surface area contributed by atoms with Gasteiger partial charge in [0.05, 0.1) is 5.56 Å². The summed E-state index contributed by atoms with van der Waals surface area (Å²) in [6, 6.07) is 12.6.